The molecule has 0 aliphatic heterocycles. The van der Waals surface area contributed by atoms with Crippen LogP contribution in [0, 0.1) is 11.7 Å². The number of ether oxygens (including phenoxy) is 1. The molecule has 1 atom stereocenters. The fraction of sp³-hybridized carbons (Fsp3) is 0.400. The van der Waals surface area contributed by atoms with Gasteiger partial charge in [-0.05, 0) is 40.0 Å². The fourth-order valence-corrected chi connectivity index (χ4v) is 4.83. The first-order chi connectivity index (χ1) is 10.7. The van der Waals surface area contributed by atoms with Crippen molar-refractivity contribution >= 4 is 31.9 Å². The number of halogens is 2. The van der Waals surface area contributed by atoms with E-state index in [0.29, 0.717) is 0 Å². The quantitative estimate of drug-likeness (QED) is 0.514. The minimum Gasteiger partial charge on any atom is -0.468 e. The van der Waals surface area contributed by atoms with Crippen molar-refractivity contribution in [2.75, 3.05) is 13.7 Å². The number of sulfonamides is 1. The average Bonchev–Trinajstić information content (AvgIpc) is 2.45. The number of hydrogen-bond donors (Lipinski definition) is 0. The highest BCUT2D eigenvalue weighted by Gasteiger charge is 2.38. The van der Waals surface area contributed by atoms with E-state index in [2.05, 4.69) is 22.5 Å². The molecule has 0 aliphatic rings. The summed E-state index contributed by atoms with van der Waals surface area (Å²) in [6.07, 6.45) is 1.38. The summed E-state index contributed by atoms with van der Waals surface area (Å²) in [7, 11) is -2.86. The van der Waals surface area contributed by atoms with E-state index < -0.39 is 27.9 Å². The smallest absolute Gasteiger partial charge is 0.324 e. The van der Waals surface area contributed by atoms with Gasteiger partial charge in [0.1, 0.15) is 11.9 Å². The summed E-state index contributed by atoms with van der Waals surface area (Å²) < 4.78 is 44.9. The lowest BCUT2D eigenvalue weighted by Gasteiger charge is -2.30. The molecule has 23 heavy (non-hydrogen) atoms. The number of benzene rings is 1. The summed E-state index contributed by atoms with van der Waals surface area (Å²) >= 11 is 3.05. The molecule has 0 N–H and O–H groups in total. The zero-order valence-electron chi connectivity index (χ0n) is 13.1. The number of esters is 1. The maximum Gasteiger partial charge on any atom is 0.324 e. The first-order valence-electron chi connectivity index (χ1n) is 6.82. The Labute approximate surface area is 144 Å². The van der Waals surface area contributed by atoms with Gasteiger partial charge in [-0.15, -0.1) is 6.58 Å². The topological polar surface area (TPSA) is 63.7 Å². The monoisotopic (exact) mass is 407 g/mol. The summed E-state index contributed by atoms with van der Waals surface area (Å²) in [6, 6.07) is 2.24. The first-order valence-corrected chi connectivity index (χ1v) is 9.05. The lowest BCUT2D eigenvalue weighted by molar-refractivity contribution is -0.146. The highest BCUT2D eigenvalue weighted by atomic mass is 79.9. The molecule has 1 aromatic rings. The van der Waals surface area contributed by atoms with Gasteiger partial charge in [0.05, 0.1) is 12.0 Å². The van der Waals surface area contributed by atoms with Crippen LogP contribution in [0.5, 0.6) is 0 Å². The van der Waals surface area contributed by atoms with E-state index in [4.69, 9.17) is 4.74 Å². The summed E-state index contributed by atoms with van der Waals surface area (Å²) in [5, 5.41) is 0. The van der Waals surface area contributed by atoms with Crippen molar-refractivity contribution in [3.8, 4) is 0 Å². The summed E-state index contributed by atoms with van der Waals surface area (Å²) in [5.41, 5.74) is 0. The second kappa shape index (κ2) is 8.03. The molecule has 128 valence electrons. The number of rotatable bonds is 7. The summed E-state index contributed by atoms with van der Waals surface area (Å²) in [6.45, 7) is 6.89. The van der Waals surface area contributed by atoms with Crippen molar-refractivity contribution in [2.24, 2.45) is 5.92 Å². The van der Waals surface area contributed by atoms with Gasteiger partial charge >= 0.3 is 5.97 Å². The molecule has 0 amide bonds. The molecule has 1 aromatic carbocycles. The van der Waals surface area contributed by atoms with Crippen LogP contribution in [-0.4, -0.2) is 38.4 Å². The minimum atomic E-state index is -4.06. The number of carbonyl (C=O) groups is 1. The van der Waals surface area contributed by atoms with Gasteiger partial charge in [-0.3, -0.25) is 4.79 Å². The third kappa shape index (κ3) is 4.39. The Morgan fingerprint density at radius 2 is 2.09 bits per heavy atom. The van der Waals surface area contributed by atoms with E-state index in [1.807, 2.05) is 0 Å². The fourth-order valence-electron chi connectivity index (χ4n) is 2.14. The maximum atomic E-state index is 13.2. The van der Waals surface area contributed by atoms with Crippen LogP contribution < -0.4 is 0 Å². The predicted octanol–water partition coefficient (Wildman–Crippen LogP) is 2.96. The largest absolute Gasteiger partial charge is 0.468 e. The van der Waals surface area contributed by atoms with Gasteiger partial charge in [0.2, 0.25) is 10.0 Å². The number of nitrogens with zero attached hydrogens (tertiary/aromatic N) is 1. The maximum absolute atomic E-state index is 13.2. The Bertz CT molecular complexity index is 691. The molecular formula is C15H19BrFNO4S. The van der Waals surface area contributed by atoms with Crippen LogP contribution in [0.4, 0.5) is 4.39 Å². The SMILES string of the molecule is C=CCN([C@H](C(=O)OC)C(C)C)S(=O)(=O)c1ccc(F)cc1Br. The van der Waals surface area contributed by atoms with Gasteiger partial charge in [0.15, 0.2) is 0 Å². The molecule has 0 aliphatic carbocycles. The molecule has 0 aromatic heterocycles. The van der Waals surface area contributed by atoms with E-state index >= 15 is 0 Å². The highest BCUT2D eigenvalue weighted by molar-refractivity contribution is 9.10. The third-order valence-corrected chi connectivity index (χ3v) is 6.00. The molecule has 0 radical (unpaired) electrons. The molecule has 0 saturated heterocycles. The lowest BCUT2D eigenvalue weighted by Crippen LogP contribution is -2.48. The van der Waals surface area contributed by atoms with Gasteiger partial charge in [0.25, 0.3) is 0 Å². The second-order valence-corrected chi connectivity index (χ2v) is 7.86. The molecule has 0 spiro atoms. The van der Waals surface area contributed by atoms with E-state index in [1.165, 1.54) is 13.2 Å². The van der Waals surface area contributed by atoms with Crippen molar-refractivity contribution in [1.29, 1.82) is 0 Å². The van der Waals surface area contributed by atoms with Crippen molar-refractivity contribution in [3.63, 3.8) is 0 Å². The zero-order valence-corrected chi connectivity index (χ0v) is 15.5. The molecule has 0 unspecified atom stereocenters. The van der Waals surface area contributed by atoms with Crippen LogP contribution >= 0.6 is 15.9 Å². The molecule has 8 heteroatoms. The highest BCUT2D eigenvalue weighted by Crippen LogP contribution is 2.29. The Morgan fingerprint density at radius 1 is 1.48 bits per heavy atom. The second-order valence-electron chi connectivity index (χ2n) is 5.15. The van der Waals surface area contributed by atoms with Crippen LogP contribution in [-0.2, 0) is 19.6 Å². The van der Waals surface area contributed by atoms with E-state index in [1.54, 1.807) is 13.8 Å². The summed E-state index contributed by atoms with van der Waals surface area (Å²) in [5.74, 6) is -1.56. The van der Waals surface area contributed by atoms with Gasteiger partial charge in [0, 0.05) is 11.0 Å². The molecular weight excluding hydrogens is 389 g/mol. The van der Waals surface area contributed by atoms with Crippen LogP contribution in [0.3, 0.4) is 0 Å². The van der Waals surface area contributed by atoms with E-state index in [-0.39, 0.29) is 21.8 Å². The lowest BCUT2D eigenvalue weighted by atomic mass is 10.0. The Balaban J connectivity index is 3.47. The van der Waals surface area contributed by atoms with Crippen LogP contribution in [0.15, 0.2) is 40.2 Å². The summed E-state index contributed by atoms with van der Waals surface area (Å²) in [4.78, 5) is 11.9. The van der Waals surface area contributed by atoms with Crippen molar-refractivity contribution in [1.82, 2.24) is 4.31 Å². The normalized spacial score (nSPS) is 13.2. The third-order valence-electron chi connectivity index (χ3n) is 3.17. The van der Waals surface area contributed by atoms with Crippen molar-refractivity contribution in [3.05, 3.63) is 41.1 Å². The van der Waals surface area contributed by atoms with Gasteiger partial charge in [-0.2, -0.15) is 4.31 Å². The van der Waals surface area contributed by atoms with E-state index in [9.17, 15) is 17.6 Å². The van der Waals surface area contributed by atoms with E-state index in [0.717, 1.165) is 22.5 Å². The first kappa shape index (κ1) is 19.8. The van der Waals surface area contributed by atoms with Crippen LogP contribution in [0.25, 0.3) is 0 Å². The minimum absolute atomic E-state index is 0.0793. The van der Waals surface area contributed by atoms with Crippen molar-refractivity contribution in [2.45, 2.75) is 24.8 Å². The molecule has 0 bridgehead atoms. The number of methoxy groups -OCH3 is 1. The Morgan fingerprint density at radius 3 is 2.52 bits per heavy atom. The van der Waals surface area contributed by atoms with Crippen LogP contribution in [0.2, 0.25) is 0 Å². The van der Waals surface area contributed by atoms with Crippen LogP contribution in [0.1, 0.15) is 13.8 Å². The predicted molar refractivity (Wildman–Crippen MR) is 88.8 cm³/mol. The van der Waals surface area contributed by atoms with Gasteiger partial charge in [-0.25, -0.2) is 12.8 Å². The Hall–Kier alpha value is -1.25. The molecule has 0 heterocycles. The van der Waals surface area contributed by atoms with Gasteiger partial charge in [-0.1, -0.05) is 19.9 Å². The zero-order chi connectivity index (χ0) is 17.8. The molecule has 5 nitrogen and oxygen atoms in total. The standard InChI is InChI=1S/C15H19BrFNO4S/c1-5-8-18(14(10(2)3)15(19)22-4)23(20,21)13-7-6-11(17)9-12(13)16/h5-7,9-10,14H,1,8H2,2-4H3/t14-/m0/s1. The molecule has 1 rings (SSSR count). The number of carbonyl (C=O) groups excluding carboxylic acids is 1. The Kier molecular flexibility index (Phi) is 6.91. The molecule has 0 fully saturated rings. The average molecular weight is 408 g/mol. The molecule has 0 saturated carbocycles. The van der Waals surface area contributed by atoms with Crippen molar-refractivity contribution < 1.29 is 22.3 Å². The van der Waals surface area contributed by atoms with Gasteiger partial charge < -0.3 is 4.74 Å². The number of hydrogen-bond acceptors (Lipinski definition) is 4.